The third-order valence-electron chi connectivity index (χ3n) is 4.80. The fraction of sp³-hybridized carbons (Fsp3) is 0.174. The number of hydrogen-bond acceptors (Lipinski definition) is 3. The van der Waals surface area contributed by atoms with E-state index in [9.17, 15) is 5.26 Å². The predicted octanol–water partition coefficient (Wildman–Crippen LogP) is 5.14. The minimum absolute atomic E-state index is 0.681. The molecule has 0 fully saturated rings. The maximum atomic E-state index is 9.35. The second kappa shape index (κ2) is 6.69. The first-order chi connectivity index (χ1) is 13.1. The summed E-state index contributed by atoms with van der Waals surface area (Å²) in [5.74, 6) is 0.997. The minimum Gasteiger partial charge on any atom is -0.281 e. The Morgan fingerprint density at radius 3 is 2.44 bits per heavy atom. The van der Waals surface area contributed by atoms with E-state index >= 15 is 0 Å². The van der Waals surface area contributed by atoms with Crippen LogP contribution in [0.15, 0.2) is 54.6 Å². The molecule has 0 aliphatic carbocycles. The van der Waals surface area contributed by atoms with Crippen molar-refractivity contribution in [3.63, 3.8) is 0 Å². The molecule has 0 aliphatic heterocycles. The van der Waals surface area contributed by atoms with Gasteiger partial charge in [-0.3, -0.25) is 4.57 Å². The molecule has 2 aromatic carbocycles. The standard InChI is InChI=1S/C23H20N4/c1-4-21-26-22-15(2)13-16(3)25-23(22)27(21)19-11-9-17(10-12-19)20-8-6-5-7-18(20)14-24/h5-13H,4H2,1-3H3. The Hall–Kier alpha value is -3.45. The fourth-order valence-corrected chi connectivity index (χ4v) is 3.54. The van der Waals surface area contributed by atoms with Gasteiger partial charge in [-0.1, -0.05) is 37.3 Å². The Kier molecular flexibility index (Phi) is 4.21. The van der Waals surface area contributed by atoms with Crippen LogP contribution in [0.4, 0.5) is 0 Å². The van der Waals surface area contributed by atoms with Crippen molar-refractivity contribution in [1.82, 2.24) is 14.5 Å². The van der Waals surface area contributed by atoms with Gasteiger partial charge in [0.15, 0.2) is 5.65 Å². The van der Waals surface area contributed by atoms with Crippen LogP contribution in [0.5, 0.6) is 0 Å². The number of imidazole rings is 1. The van der Waals surface area contributed by atoms with E-state index < -0.39 is 0 Å². The number of aromatic nitrogens is 3. The molecule has 0 saturated heterocycles. The van der Waals surface area contributed by atoms with E-state index in [2.05, 4.69) is 54.8 Å². The second-order valence-corrected chi connectivity index (χ2v) is 6.67. The lowest BCUT2D eigenvalue weighted by molar-refractivity contribution is 0.900. The van der Waals surface area contributed by atoms with Crippen molar-refractivity contribution in [2.24, 2.45) is 0 Å². The van der Waals surface area contributed by atoms with Gasteiger partial charge < -0.3 is 0 Å². The zero-order valence-corrected chi connectivity index (χ0v) is 15.7. The lowest BCUT2D eigenvalue weighted by atomic mass is 10.0. The first-order valence-electron chi connectivity index (χ1n) is 9.08. The van der Waals surface area contributed by atoms with Gasteiger partial charge in [0.05, 0.1) is 11.6 Å². The summed E-state index contributed by atoms with van der Waals surface area (Å²) in [5.41, 5.74) is 7.67. The minimum atomic E-state index is 0.681. The highest BCUT2D eigenvalue weighted by atomic mass is 15.1. The SMILES string of the molecule is CCc1nc2c(C)cc(C)nc2n1-c1ccc(-c2ccccc2C#N)cc1. The lowest BCUT2D eigenvalue weighted by Gasteiger charge is -2.10. The van der Waals surface area contributed by atoms with Gasteiger partial charge in [-0.25, -0.2) is 9.97 Å². The summed E-state index contributed by atoms with van der Waals surface area (Å²) in [6.07, 6.45) is 0.827. The van der Waals surface area contributed by atoms with Crippen molar-refractivity contribution in [2.45, 2.75) is 27.2 Å². The first kappa shape index (κ1) is 17.0. The van der Waals surface area contributed by atoms with Crippen LogP contribution in [0.2, 0.25) is 0 Å². The van der Waals surface area contributed by atoms with Gasteiger partial charge in [0.25, 0.3) is 0 Å². The summed E-state index contributed by atoms with van der Waals surface area (Å²) in [5, 5.41) is 9.35. The van der Waals surface area contributed by atoms with E-state index in [-0.39, 0.29) is 0 Å². The van der Waals surface area contributed by atoms with Crippen LogP contribution >= 0.6 is 0 Å². The molecule has 2 heterocycles. The quantitative estimate of drug-likeness (QED) is 0.513. The summed E-state index contributed by atoms with van der Waals surface area (Å²) in [7, 11) is 0. The molecule has 0 amide bonds. The Morgan fingerprint density at radius 2 is 1.74 bits per heavy atom. The Balaban J connectivity index is 1.87. The Labute approximate surface area is 158 Å². The van der Waals surface area contributed by atoms with Gasteiger partial charge in [0, 0.05) is 17.8 Å². The molecule has 4 nitrogen and oxygen atoms in total. The Morgan fingerprint density at radius 1 is 1.00 bits per heavy atom. The highest BCUT2D eigenvalue weighted by Crippen LogP contribution is 2.27. The lowest BCUT2D eigenvalue weighted by Crippen LogP contribution is -2.01. The fourth-order valence-electron chi connectivity index (χ4n) is 3.54. The average molecular weight is 352 g/mol. The smallest absolute Gasteiger partial charge is 0.165 e. The van der Waals surface area contributed by atoms with E-state index in [1.165, 1.54) is 0 Å². The zero-order valence-electron chi connectivity index (χ0n) is 15.7. The molecular formula is C23H20N4. The van der Waals surface area contributed by atoms with Gasteiger partial charge in [0.2, 0.25) is 0 Å². The molecule has 0 radical (unpaired) electrons. The molecule has 2 aromatic heterocycles. The largest absolute Gasteiger partial charge is 0.281 e. The van der Waals surface area contributed by atoms with Gasteiger partial charge in [-0.2, -0.15) is 5.26 Å². The molecule has 0 aliphatic rings. The van der Waals surface area contributed by atoms with Crippen LogP contribution in [-0.4, -0.2) is 14.5 Å². The maximum absolute atomic E-state index is 9.35. The molecule has 4 aromatic rings. The predicted molar refractivity (Wildman–Crippen MR) is 108 cm³/mol. The number of fused-ring (bicyclic) bond motifs is 1. The van der Waals surface area contributed by atoms with Gasteiger partial charge in [-0.05, 0) is 54.8 Å². The first-order valence-corrected chi connectivity index (χ1v) is 9.08. The van der Waals surface area contributed by atoms with E-state index in [1.54, 1.807) is 0 Å². The van der Waals surface area contributed by atoms with E-state index in [0.717, 1.165) is 51.5 Å². The van der Waals surface area contributed by atoms with Crippen molar-refractivity contribution in [3.05, 3.63) is 77.2 Å². The summed E-state index contributed by atoms with van der Waals surface area (Å²) in [4.78, 5) is 9.56. The molecule has 132 valence electrons. The van der Waals surface area contributed by atoms with Gasteiger partial charge in [-0.15, -0.1) is 0 Å². The van der Waals surface area contributed by atoms with Crippen LogP contribution in [0, 0.1) is 25.2 Å². The summed E-state index contributed by atoms with van der Waals surface area (Å²) in [6.45, 7) is 6.20. The van der Waals surface area contributed by atoms with Crippen LogP contribution in [-0.2, 0) is 6.42 Å². The molecule has 27 heavy (non-hydrogen) atoms. The monoisotopic (exact) mass is 352 g/mol. The van der Waals surface area contributed by atoms with Crippen LogP contribution in [0.1, 0.15) is 29.6 Å². The van der Waals surface area contributed by atoms with Crippen molar-refractivity contribution >= 4 is 11.2 Å². The highest BCUT2D eigenvalue weighted by Gasteiger charge is 2.15. The number of pyridine rings is 1. The van der Waals surface area contributed by atoms with Crippen molar-refractivity contribution in [3.8, 4) is 22.9 Å². The van der Waals surface area contributed by atoms with Crippen molar-refractivity contribution in [2.75, 3.05) is 0 Å². The number of hydrogen-bond donors (Lipinski definition) is 0. The van der Waals surface area contributed by atoms with Gasteiger partial charge in [0.1, 0.15) is 11.3 Å². The molecule has 0 spiro atoms. The van der Waals surface area contributed by atoms with Gasteiger partial charge >= 0.3 is 0 Å². The number of aryl methyl sites for hydroxylation is 3. The summed E-state index contributed by atoms with van der Waals surface area (Å²) < 4.78 is 2.13. The third kappa shape index (κ3) is 2.88. The average Bonchev–Trinajstić information content (AvgIpc) is 3.07. The Bertz CT molecular complexity index is 1180. The molecule has 0 unspecified atom stereocenters. The molecule has 4 rings (SSSR count). The van der Waals surface area contributed by atoms with E-state index in [0.29, 0.717) is 5.56 Å². The van der Waals surface area contributed by atoms with Crippen LogP contribution in [0.25, 0.3) is 28.0 Å². The molecule has 4 heteroatoms. The number of rotatable bonds is 3. The topological polar surface area (TPSA) is 54.5 Å². The number of nitriles is 1. The number of benzene rings is 2. The van der Waals surface area contributed by atoms with Crippen molar-refractivity contribution < 1.29 is 0 Å². The normalized spacial score (nSPS) is 10.9. The molecule has 0 saturated carbocycles. The summed E-state index contributed by atoms with van der Waals surface area (Å²) >= 11 is 0. The van der Waals surface area contributed by atoms with Crippen LogP contribution in [0.3, 0.4) is 0 Å². The second-order valence-electron chi connectivity index (χ2n) is 6.67. The van der Waals surface area contributed by atoms with E-state index in [1.807, 2.05) is 31.2 Å². The number of nitrogens with zero attached hydrogens (tertiary/aromatic N) is 4. The maximum Gasteiger partial charge on any atom is 0.165 e. The van der Waals surface area contributed by atoms with Crippen molar-refractivity contribution in [1.29, 1.82) is 5.26 Å². The highest BCUT2D eigenvalue weighted by molar-refractivity contribution is 5.78. The summed E-state index contributed by atoms with van der Waals surface area (Å²) in [6, 6.07) is 20.3. The van der Waals surface area contributed by atoms with Crippen LogP contribution < -0.4 is 0 Å². The molecule has 0 atom stereocenters. The molecule has 0 bridgehead atoms. The molecular weight excluding hydrogens is 332 g/mol. The molecule has 0 N–H and O–H groups in total. The zero-order chi connectivity index (χ0) is 19.0. The third-order valence-corrected chi connectivity index (χ3v) is 4.80. The van der Waals surface area contributed by atoms with E-state index in [4.69, 9.17) is 9.97 Å².